The zero-order chi connectivity index (χ0) is 13.4. The molecule has 0 saturated carbocycles. The first kappa shape index (κ1) is 13.4. The Kier molecular flexibility index (Phi) is 5.11. The third-order valence-corrected chi connectivity index (χ3v) is 1.92. The lowest BCUT2D eigenvalue weighted by atomic mass is 10.2. The number of nitrogens with one attached hydrogen (secondary N) is 2. The van der Waals surface area contributed by atoms with Gasteiger partial charge in [0.2, 0.25) is 0 Å². The number of aromatic amines is 2. The fourth-order valence-corrected chi connectivity index (χ4v) is 1.10. The lowest BCUT2D eigenvalue weighted by molar-refractivity contribution is 0.112. The fourth-order valence-electron chi connectivity index (χ4n) is 1.10. The van der Waals surface area contributed by atoms with E-state index in [0.717, 1.165) is 6.29 Å². The van der Waals surface area contributed by atoms with Crippen LogP contribution in [0.1, 0.15) is 10.4 Å². The minimum atomic E-state index is -0.475. The van der Waals surface area contributed by atoms with Crippen LogP contribution in [0.25, 0.3) is 0 Å². The van der Waals surface area contributed by atoms with Gasteiger partial charge in [-0.3, -0.25) is 14.6 Å². The quantitative estimate of drug-likeness (QED) is 0.760. The van der Waals surface area contributed by atoms with E-state index in [-0.39, 0.29) is 5.56 Å². The molecule has 0 unspecified atom stereocenters. The van der Waals surface area contributed by atoms with Gasteiger partial charge in [-0.15, -0.1) is 0 Å². The molecule has 0 spiro atoms. The molecule has 6 heteroatoms. The van der Waals surface area contributed by atoms with Crippen LogP contribution >= 0.6 is 0 Å². The van der Waals surface area contributed by atoms with Crippen molar-refractivity contribution in [2.45, 2.75) is 0 Å². The van der Waals surface area contributed by atoms with Crippen LogP contribution in [0, 0.1) is 0 Å². The van der Waals surface area contributed by atoms with Crippen molar-refractivity contribution in [3.05, 3.63) is 62.9 Å². The van der Waals surface area contributed by atoms with E-state index < -0.39 is 5.69 Å². The number of aldehydes is 1. The average molecular weight is 248 g/mol. The second-order valence-electron chi connectivity index (χ2n) is 3.19. The van der Waals surface area contributed by atoms with Gasteiger partial charge in [-0.05, 0) is 12.1 Å². The fraction of sp³-hybridized carbons (Fsp3) is 0.0833. The smallest absolute Gasteiger partial charge is 0.325 e. The maximum Gasteiger partial charge on any atom is 0.325 e. The summed E-state index contributed by atoms with van der Waals surface area (Å²) < 4.78 is 4.90. The van der Waals surface area contributed by atoms with Gasteiger partial charge in [0.1, 0.15) is 12.0 Å². The molecule has 0 atom stereocenters. The molecule has 6 nitrogen and oxygen atoms in total. The zero-order valence-electron chi connectivity index (χ0n) is 9.67. The topological polar surface area (TPSA) is 92.0 Å². The number of benzene rings is 1. The highest BCUT2D eigenvalue weighted by Gasteiger charge is 1.90. The largest absolute Gasteiger partial charge is 0.497 e. The lowest BCUT2D eigenvalue weighted by Gasteiger charge is -1.97. The predicted molar refractivity (Wildman–Crippen MR) is 66.1 cm³/mol. The average Bonchev–Trinajstić information content (AvgIpc) is 2.39. The molecular formula is C12H12N2O4. The molecule has 2 rings (SSSR count). The van der Waals surface area contributed by atoms with E-state index in [1.54, 1.807) is 31.4 Å². The van der Waals surface area contributed by atoms with Crippen molar-refractivity contribution < 1.29 is 9.53 Å². The summed E-state index contributed by atoms with van der Waals surface area (Å²) in [5, 5.41) is 0. The molecule has 0 aliphatic carbocycles. The summed E-state index contributed by atoms with van der Waals surface area (Å²) in [6, 6.07) is 8.24. The molecule has 0 saturated heterocycles. The SMILES string of the molecule is COc1cccc(C=O)c1.O=c1cc[nH]c(=O)[nH]1. The van der Waals surface area contributed by atoms with E-state index in [0.29, 0.717) is 11.3 Å². The van der Waals surface area contributed by atoms with Crippen LogP contribution in [-0.2, 0) is 0 Å². The van der Waals surface area contributed by atoms with Gasteiger partial charge in [0, 0.05) is 17.8 Å². The Bertz CT molecular complexity index is 590. The highest BCUT2D eigenvalue weighted by molar-refractivity contribution is 5.75. The zero-order valence-corrected chi connectivity index (χ0v) is 9.67. The van der Waals surface area contributed by atoms with Crippen molar-refractivity contribution in [1.29, 1.82) is 0 Å². The molecule has 2 aromatic rings. The van der Waals surface area contributed by atoms with Gasteiger partial charge in [0.05, 0.1) is 7.11 Å². The summed E-state index contributed by atoms with van der Waals surface area (Å²) in [6.45, 7) is 0. The van der Waals surface area contributed by atoms with Crippen LogP contribution in [-0.4, -0.2) is 23.4 Å². The van der Waals surface area contributed by atoms with Crippen LogP contribution in [0.2, 0.25) is 0 Å². The van der Waals surface area contributed by atoms with Gasteiger partial charge < -0.3 is 9.72 Å². The van der Waals surface area contributed by atoms with Crippen molar-refractivity contribution in [3.8, 4) is 5.75 Å². The lowest BCUT2D eigenvalue weighted by Crippen LogP contribution is -2.19. The summed E-state index contributed by atoms with van der Waals surface area (Å²) in [7, 11) is 1.57. The third kappa shape index (κ3) is 4.48. The Labute approximate surface area is 102 Å². The first-order chi connectivity index (χ1) is 8.65. The molecule has 0 fully saturated rings. The van der Waals surface area contributed by atoms with Gasteiger partial charge >= 0.3 is 5.69 Å². The summed E-state index contributed by atoms with van der Waals surface area (Å²) >= 11 is 0. The molecule has 0 radical (unpaired) electrons. The van der Waals surface area contributed by atoms with E-state index in [2.05, 4.69) is 4.98 Å². The highest BCUT2D eigenvalue weighted by atomic mass is 16.5. The van der Waals surface area contributed by atoms with Gasteiger partial charge in [0.25, 0.3) is 5.56 Å². The number of rotatable bonds is 2. The van der Waals surface area contributed by atoms with Gasteiger partial charge in [-0.25, -0.2) is 4.79 Å². The van der Waals surface area contributed by atoms with E-state index in [9.17, 15) is 14.4 Å². The standard InChI is InChI=1S/C8H8O2.C4H4N2O2/c1-10-8-4-2-3-7(5-8)6-9;7-3-1-2-5-4(8)6-3/h2-6H,1H3;1-2H,(H2,5,6,7,8). The number of aromatic nitrogens is 2. The number of carbonyl (C=O) groups excluding carboxylic acids is 1. The Balaban J connectivity index is 0.000000184. The Morgan fingerprint density at radius 2 is 2.00 bits per heavy atom. The molecule has 1 heterocycles. The van der Waals surface area contributed by atoms with Crippen LogP contribution in [0.3, 0.4) is 0 Å². The number of hydrogen-bond acceptors (Lipinski definition) is 4. The molecule has 0 amide bonds. The van der Waals surface area contributed by atoms with Crippen molar-refractivity contribution in [3.63, 3.8) is 0 Å². The second-order valence-corrected chi connectivity index (χ2v) is 3.19. The number of carbonyl (C=O) groups is 1. The molecule has 0 aliphatic heterocycles. The normalized spacial score (nSPS) is 8.94. The molecule has 0 aliphatic rings. The van der Waals surface area contributed by atoms with E-state index in [1.807, 2.05) is 4.98 Å². The Morgan fingerprint density at radius 1 is 1.22 bits per heavy atom. The number of methoxy groups -OCH3 is 1. The number of hydrogen-bond donors (Lipinski definition) is 2. The summed E-state index contributed by atoms with van der Waals surface area (Å²) in [4.78, 5) is 34.9. The molecule has 94 valence electrons. The molecule has 1 aromatic heterocycles. The molecule has 0 bridgehead atoms. The minimum Gasteiger partial charge on any atom is -0.497 e. The molecule has 18 heavy (non-hydrogen) atoms. The van der Waals surface area contributed by atoms with Gasteiger partial charge in [-0.2, -0.15) is 0 Å². The molecule has 1 aromatic carbocycles. The van der Waals surface area contributed by atoms with E-state index >= 15 is 0 Å². The van der Waals surface area contributed by atoms with Crippen molar-refractivity contribution in [1.82, 2.24) is 9.97 Å². The maximum atomic E-state index is 10.2. The third-order valence-electron chi connectivity index (χ3n) is 1.92. The van der Waals surface area contributed by atoms with Crippen LogP contribution in [0.5, 0.6) is 5.75 Å². The number of H-pyrrole nitrogens is 2. The second kappa shape index (κ2) is 6.85. The molecular weight excluding hydrogens is 236 g/mol. The van der Waals surface area contributed by atoms with E-state index in [1.165, 1.54) is 12.3 Å². The summed E-state index contributed by atoms with van der Waals surface area (Å²) in [5.74, 6) is 0.713. The van der Waals surface area contributed by atoms with Crippen LogP contribution in [0.4, 0.5) is 0 Å². The first-order valence-corrected chi connectivity index (χ1v) is 5.03. The maximum absolute atomic E-state index is 10.2. The van der Waals surface area contributed by atoms with Crippen molar-refractivity contribution in [2.24, 2.45) is 0 Å². The molecule has 2 N–H and O–H groups in total. The summed E-state index contributed by atoms with van der Waals surface area (Å²) in [5.41, 5.74) is -0.217. The van der Waals surface area contributed by atoms with Gasteiger partial charge in [-0.1, -0.05) is 12.1 Å². The Morgan fingerprint density at radius 3 is 2.50 bits per heavy atom. The van der Waals surface area contributed by atoms with Crippen molar-refractivity contribution >= 4 is 6.29 Å². The van der Waals surface area contributed by atoms with E-state index in [4.69, 9.17) is 4.74 Å². The van der Waals surface area contributed by atoms with Crippen LogP contribution < -0.4 is 16.0 Å². The highest BCUT2D eigenvalue weighted by Crippen LogP contribution is 2.10. The summed E-state index contributed by atoms with van der Waals surface area (Å²) in [6.07, 6.45) is 2.09. The number of ether oxygens (including phenoxy) is 1. The first-order valence-electron chi connectivity index (χ1n) is 5.03. The van der Waals surface area contributed by atoms with Crippen molar-refractivity contribution in [2.75, 3.05) is 7.11 Å². The van der Waals surface area contributed by atoms with Gasteiger partial charge in [0.15, 0.2) is 0 Å². The predicted octanol–water partition coefficient (Wildman–Crippen LogP) is 0.571. The Hall–Kier alpha value is -2.63. The van der Waals surface area contributed by atoms with Crippen LogP contribution in [0.15, 0.2) is 46.1 Å². The monoisotopic (exact) mass is 248 g/mol. The minimum absolute atomic E-state index is 0.381.